The van der Waals surface area contributed by atoms with Gasteiger partial charge in [-0.2, -0.15) is 4.98 Å². The summed E-state index contributed by atoms with van der Waals surface area (Å²) in [5, 5.41) is 14.8. The van der Waals surface area contributed by atoms with E-state index in [2.05, 4.69) is 33.9 Å². The van der Waals surface area contributed by atoms with Gasteiger partial charge in [0.15, 0.2) is 11.5 Å². The second-order valence-corrected chi connectivity index (χ2v) is 10.5. The monoisotopic (exact) mass is 526 g/mol. The number of aryl methyl sites for hydroxylation is 1. The van der Waals surface area contributed by atoms with Crippen molar-refractivity contribution in [2.45, 2.75) is 57.2 Å². The van der Waals surface area contributed by atoms with Crippen LogP contribution in [-0.2, 0) is 18.6 Å². The highest BCUT2D eigenvalue weighted by molar-refractivity contribution is 5.77. The van der Waals surface area contributed by atoms with Crippen LogP contribution in [0.15, 0.2) is 60.0 Å². The lowest BCUT2D eigenvalue weighted by Crippen LogP contribution is -2.39. The summed E-state index contributed by atoms with van der Waals surface area (Å²) in [4.78, 5) is 29.7. The molecule has 0 bridgehead atoms. The summed E-state index contributed by atoms with van der Waals surface area (Å²) in [6.45, 7) is 7.97. The summed E-state index contributed by atoms with van der Waals surface area (Å²) < 4.78 is 3.25. The zero-order valence-corrected chi connectivity index (χ0v) is 22.2. The minimum Gasteiger partial charge on any atom is -0.384 e. The Bertz CT molecular complexity index is 1580. The molecule has 0 radical (unpaired) electrons. The first kappa shape index (κ1) is 25.3. The molecular weight excluding hydrogens is 492 g/mol. The van der Waals surface area contributed by atoms with Crippen molar-refractivity contribution in [2.75, 3.05) is 23.3 Å². The number of aliphatic hydroxyl groups is 1. The van der Waals surface area contributed by atoms with E-state index in [0.717, 1.165) is 49.3 Å². The van der Waals surface area contributed by atoms with Gasteiger partial charge < -0.3 is 21.1 Å². The van der Waals surface area contributed by atoms with Crippen LogP contribution in [0, 0.1) is 0 Å². The SMILES string of the molecule is C=CCn1c(=O)c2cnc(Nc3ccc(N4CCC(N)CC4)cc3)nc2n1-c1ccc2c(n1)[C@@](O)(CC)CC2. The van der Waals surface area contributed by atoms with Gasteiger partial charge in [-0.15, -0.1) is 6.58 Å². The maximum atomic E-state index is 13.3. The second-order valence-electron chi connectivity index (χ2n) is 10.5. The third-order valence-electron chi connectivity index (χ3n) is 8.02. The number of rotatable bonds is 7. The van der Waals surface area contributed by atoms with Gasteiger partial charge in [-0.3, -0.25) is 4.79 Å². The predicted molar refractivity (Wildman–Crippen MR) is 153 cm³/mol. The Balaban J connectivity index is 1.36. The van der Waals surface area contributed by atoms with E-state index >= 15 is 0 Å². The lowest BCUT2D eigenvalue weighted by Gasteiger charge is -2.32. The molecule has 0 saturated carbocycles. The number of nitrogens with zero attached hydrogens (tertiary/aromatic N) is 6. The molecule has 1 fully saturated rings. The van der Waals surface area contributed by atoms with Gasteiger partial charge in [0, 0.05) is 36.7 Å². The number of benzene rings is 1. The van der Waals surface area contributed by atoms with Crippen LogP contribution >= 0.6 is 0 Å². The maximum Gasteiger partial charge on any atom is 0.278 e. The summed E-state index contributed by atoms with van der Waals surface area (Å²) in [5.41, 5.74) is 9.00. The van der Waals surface area contributed by atoms with E-state index in [0.29, 0.717) is 41.3 Å². The number of nitrogens with two attached hydrogens (primary N) is 1. The normalized spacial score (nSPS) is 19.4. The van der Waals surface area contributed by atoms with Crippen LogP contribution < -0.4 is 21.5 Å². The Morgan fingerprint density at radius 1 is 1.18 bits per heavy atom. The molecule has 0 unspecified atom stereocenters. The van der Waals surface area contributed by atoms with E-state index in [-0.39, 0.29) is 18.1 Å². The first-order chi connectivity index (χ1) is 18.9. The van der Waals surface area contributed by atoms with Gasteiger partial charge in [0.25, 0.3) is 5.56 Å². The number of hydrogen-bond acceptors (Lipinski definition) is 8. The van der Waals surface area contributed by atoms with Crippen molar-refractivity contribution in [1.29, 1.82) is 0 Å². The highest BCUT2D eigenvalue weighted by atomic mass is 16.3. The summed E-state index contributed by atoms with van der Waals surface area (Å²) >= 11 is 0. The van der Waals surface area contributed by atoms with E-state index in [9.17, 15) is 9.90 Å². The molecule has 202 valence electrons. The van der Waals surface area contributed by atoms with Crippen molar-refractivity contribution in [3.05, 3.63) is 76.9 Å². The zero-order valence-electron chi connectivity index (χ0n) is 22.2. The quantitative estimate of drug-likeness (QED) is 0.313. The molecule has 1 saturated heterocycles. The van der Waals surface area contributed by atoms with Gasteiger partial charge in [-0.25, -0.2) is 19.3 Å². The largest absolute Gasteiger partial charge is 0.384 e. The van der Waals surface area contributed by atoms with E-state index in [4.69, 9.17) is 15.7 Å². The van der Waals surface area contributed by atoms with Crippen LogP contribution in [0.4, 0.5) is 17.3 Å². The molecule has 0 spiro atoms. The van der Waals surface area contributed by atoms with Crippen molar-refractivity contribution in [3.63, 3.8) is 0 Å². The molecule has 0 amide bonds. The number of hydrogen-bond donors (Lipinski definition) is 3. The van der Waals surface area contributed by atoms with Crippen molar-refractivity contribution in [1.82, 2.24) is 24.3 Å². The fourth-order valence-electron chi connectivity index (χ4n) is 5.66. The van der Waals surface area contributed by atoms with Crippen molar-refractivity contribution < 1.29 is 5.11 Å². The fourth-order valence-corrected chi connectivity index (χ4v) is 5.66. The van der Waals surface area contributed by atoms with Gasteiger partial charge >= 0.3 is 0 Å². The Labute approximate surface area is 226 Å². The Morgan fingerprint density at radius 2 is 1.95 bits per heavy atom. The average molecular weight is 527 g/mol. The molecule has 4 N–H and O–H groups in total. The molecule has 3 aromatic heterocycles. The van der Waals surface area contributed by atoms with Gasteiger partial charge in [0.05, 0.1) is 12.2 Å². The van der Waals surface area contributed by atoms with Crippen LogP contribution in [-0.4, -0.2) is 48.6 Å². The van der Waals surface area contributed by atoms with Gasteiger partial charge in [-0.1, -0.05) is 19.1 Å². The lowest BCUT2D eigenvalue weighted by molar-refractivity contribution is 0.0306. The Morgan fingerprint density at radius 3 is 2.67 bits per heavy atom. The molecule has 1 aromatic carbocycles. The predicted octanol–water partition coefficient (Wildman–Crippen LogP) is 3.38. The fraction of sp³-hybridized carbons (Fsp3) is 0.379. The number of piperidine rings is 1. The smallest absolute Gasteiger partial charge is 0.278 e. The number of fused-ring (bicyclic) bond motifs is 2. The number of anilines is 3. The molecule has 4 aromatic rings. The Hall–Kier alpha value is -4.02. The van der Waals surface area contributed by atoms with Gasteiger partial charge in [-0.05, 0) is 68.0 Å². The van der Waals surface area contributed by atoms with Crippen molar-refractivity contribution >= 4 is 28.4 Å². The summed E-state index contributed by atoms with van der Waals surface area (Å²) in [6.07, 6.45) is 7.19. The van der Waals surface area contributed by atoms with E-state index in [1.807, 2.05) is 31.2 Å². The highest BCUT2D eigenvalue weighted by Gasteiger charge is 2.37. The molecule has 1 aliphatic carbocycles. The number of pyridine rings is 1. The standard InChI is InChI=1S/C29H34N8O2/c1-3-15-36-27(38)23-18-31-28(32-21-6-8-22(9-7-21)35-16-12-20(30)13-17-35)34-26(23)37(36)24-10-5-19-11-14-29(39,4-2)25(19)33-24/h3,5-10,18,20,39H,1,4,11-17,30H2,2H3,(H,31,32,34)/t29-/m1/s1. The van der Waals surface area contributed by atoms with Crippen molar-refractivity contribution in [3.8, 4) is 5.82 Å². The van der Waals surface area contributed by atoms with Crippen LogP contribution in [0.5, 0.6) is 0 Å². The average Bonchev–Trinajstić information content (AvgIpc) is 3.43. The summed E-state index contributed by atoms with van der Waals surface area (Å²) in [5.74, 6) is 0.890. The molecular formula is C29H34N8O2. The topological polar surface area (TPSA) is 127 Å². The first-order valence-electron chi connectivity index (χ1n) is 13.6. The van der Waals surface area contributed by atoms with Crippen molar-refractivity contribution in [2.24, 2.45) is 5.73 Å². The number of nitrogens with one attached hydrogen (secondary N) is 1. The summed E-state index contributed by atoms with van der Waals surface area (Å²) in [7, 11) is 0. The minimum absolute atomic E-state index is 0.227. The molecule has 10 heteroatoms. The maximum absolute atomic E-state index is 13.3. The molecule has 39 heavy (non-hydrogen) atoms. The molecule has 1 atom stereocenters. The van der Waals surface area contributed by atoms with Crippen LogP contribution in [0.25, 0.3) is 16.9 Å². The zero-order chi connectivity index (χ0) is 27.1. The van der Waals surface area contributed by atoms with Crippen LogP contribution in [0.2, 0.25) is 0 Å². The Kier molecular flexibility index (Phi) is 6.44. The van der Waals surface area contributed by atoms with Crippen LogP contribution in [0.3, 0.4) is 0 Å². The highest BCUT2D eigenvalue weighted by Crippen LogP contribution is 2.38. The molecule has 6 rings (SSSR count). The van der Waals surface area contributed by atoms with Gasteiger partial charge in [0.1, 0.15) is 11.0 Å². The molecule has 4 heterocycles. The minimum atomic E-state index is -0.966. The number of allylic oxidation sites excluding steroid dienone is 1. The summed E-state index contributed by atoms with van der Waals surface area (Å²) in [6, 6.07) is 12.3. The van der Waals surface area contributed by atoms with E-state index in [1.54, 1.807) is 21.6 Å². The van der Waals surface area contributed by atoms with E-state index < -0.39 is 5.60 Å². The first-order valence-corrected chi connectivity index (χ1v) is 13.6. The second kappa shape index (κ2) is 9.94. The van der Waals surface area contributed by atoms with E-state index in [1.165, 1.54) is 0 Å². The lowest BCUT2D eigenvalue weighted by atomic mass is 9.98. The molecule has 2 aliphatic rings. The van der Waals surface area contributed by atoms with Crippen LogP contribution in [0.1, 0.15) is 43.9 Å². The third-order valence-corrected chi connectivity index (χ3v) is 8.02. The van der Waals surface area contributed by atoms with Gasteiger partial charge in [0.2, 0.25) is 5.95 Å². The molecule has 10 nitrogen and oxygen atoms in total. The third kappa shape index (κ3) is 4.49. The number of aromatic nitrogens is 5. The molecule has 1 aliphatic heterocycles.